The number of hydrogen-bond acceptors (Lipinski definition) is 1. The molecule has 0 spiro atoms. The van der Waals surface area contributed by atoms with Crippen LogP contribution in [0.4, 0.5) is 0 Å². The summed E-state index contributed by atoms with van der Waals surface area (Å²) >= 11 is 6.07. The summed E-state index contributed by atoms with van der Waals surface area (Å²) in [7, 11) is 0. The third-order valence-corrected chi connectivity index (χ3v) is 4.29. The number of halogens is 1. The Kier molecular flexibility index (Phi) is 4.47. The van der Waals surface area contributed by atoms with Gasteiger partial charge in [-0.3, -0.25) is 4.90 Å². The first-order valence-corrected chi connectivity index (χ1v) is 7.16. The standard InChI is InChI=1S/C15H22ClN/c1-3-13-4-6-14(7-5-13)11-17-9-8-12(2)15(17)10-16/h4-7,12,15H,3,8-11H2,1-2H3. The van der Waals surface area contributed by atoms with Crippen molar-refractivity contribution in [2.75, 3.05) is 12.4 Å². The molecule has 1 heterocycles. The zero-order chi connectivity index (χ0) is 12.3. The van der Waals surface area contributed by atoms with E-state index in [1.165, 1.54) is 24.1 Å². The summed E-state index contributed by atoms with van der Waals surface area (Å²) in [5.41, 5.74) is 2.82. The zero-order valence-corrected chi connectivity index (χ0v) is 11.6. The second kappa shape index (κ2) is 5.88. The Morgan fingerprint density at radius 1 is 1.24 bits per heavy atom. The molecule has 2 unspecified atom stereocenters. The van der Waals surface area contributed by atoms with Gasteiger partial charge in [0.25, 0.3) is 0 Å². The van der Waals surface area contributed by atoms with Crippen LogP contribution >= 0.6 is 11.6 Å². The molecular formula is C15H22ClN. The van der Waals surface area contributed by atoms with Gasteiger partial charge in [0.2, 0.25) is 0 Å². The van der Waals surface area contributed by atoms with E-state index in [9.17, 15) is 0 Å². The topological polar surface area (TPSA) is 3.24 Å². The summed E-state index contributed by atoms with van der Waals surface area (Å²) in [6, 6.07) is 9.55. The minimum atomic E-state index is 0.558. The van der Waals surface area contributed by atoms with E-state index < -0.39 is 0 Å². The van der Waals surface area contributed by atoms with E-state index in [-0.39, 0.29) is 0 Å². The zero-order valence-electron chi connectivity index (χ0n) is 10.8. The van der Waals surface area contributed by atoms with Crippen molar-refractivity contribution in [1.82, 2.24) is 4.90 Å². The molecule has 0 amide bonds. The Balaban J connectivity index is 2.00. The molecule has 1 aromatic carbocycles. The second-order valence-corrected chi connectivity index (χ2v) is 5.44. The maximum atomic E-state index is 6.07. The molecule has 2 rings (SSSR count). The summed E-state index contributed by atoms with van der Waals surface area (Å²) in [5, 5.41) is 0. The van der Waals surface area contributed by atoms with Gasteiger partial charge in [0, 0.05) is 18.5 Å². The van der Waals surface area contributed by atoms with Crippen molar-refractivity contribution in [1.29, 1.82) is 0 Å². The van der Waals surface area contributed by atoms with E-state index in [4.69, 9.17) is 11.6 Å². The van der Waals surface area contributed by atoms with Crippen molar-refractivity contribution in [3.63, 3.8) is 0 Å². The third kappa shape index (κ3) is 3.02. The van der Waals surface area contributed by atoms with Crippen LogP contribution in [-0.4, -0.2) is 23.4 Å². The van der Waals surface area contributed by atoms with Gasteiger partial charge in [-0.15, -0.1) is 11.6 Å². The average molecular weight is 252 g/mol. The molecule has 2 heteroatoms. The van der Waals surface area contributed by atoms with Crippen molar-refractivity contribution >= 4 is 11.6 Å². The maximum Gasteiger partial charge on any atom is 0.0382 e. The number of benzene rings is 1. The minimum Gasteiger partial charge on any atom is -0.295 e. The van der Waals surface area contributed by atoms with E-state index in [2.05, 4.69) is 43.0 Å². The van der Waals surface area contributed by atoms with Crippen LogP contribution in [0.25, 0.3) is 0 Å². The number of rotatable bonds is 4. The van der Waals surface area contributed by atoms with Gasteiger partial charge in [0.15, 0.2) is 0 Å². The maximum absolute atomic E-state index is 6.07. The quantitative estimate of drug-likeness (QED) is 0.738. The van der Waals surface area contributed by atoms with E-state index in [1.54, 1.807) is 0 Å². The van der Waals surface area contributed by atoms with Crippen LogP contribution < -0.4 is 0 Å². The first-order chi connectivity index (χ1) is 8.24. The van der Waals surface area contributed by atoms with Gasteiger partial charge in [-0.25, -0.2) is 0 Å². The predicted octanol–water partition coefficient (Wildman–Crippen LogP) is 3.70. The molecular weight excluding hydrogens is 230 g/mol. The number of likely N-dealkylation sites (tertiary alicyclic amines) is 1. The molecule has 0 saturated carbocycles. The lowest BCUT2D eigenvalue weighted by molar-refractivity contribution is 0.242. The van der Waals surface area contributed by atoms with Crippen LogP contribution in [0.15, 0.2) is 24.3 Å². The number of nitrogens with zero attached hydrogens (tertiary/aromatic N) is 1. The highest BCUT2D eigenvalue weighted by atomic mass is 35.5. The fourth-order valence-corrected chi connectivity index (χ4v) is 3.15. The summed E-state index contributed by atoms with van der Waals surface area (Å²) in [6.07, 6.45) is 2.40. The Morgan fingerprint density at radius 2 is 1.88 bits per heavy atom. The van der Waals surface area contributed by atoms with Crippen LogP contribution in [0.1, 0.15) is 31.4 Å². The molecule has 1 aliphatic heterocycles. The Morgan fingerprint density at radius 3 is 2.47 bits per heavy atom. The molecule has 0 N–H and O–H groups in total. The van der Waals surface area contributed by atoms with Crippen LogP contribution in [-0.2, 0) is 13.0 Å². The second-order valence-electron chi connectivity index (χ2n) is 5.13. The lowest BCUT2D eigenvalue weighted by atomic mass is 10.0. The fraction of sp³-hybridized carbons (Fsp3) is 0.600. The van der Waals surface area contributed by atoms with Gasteiger partial charge in [0.1, 0.15) is 0 Å². The average Bonchev–Trinajstić information content (AvgIpc) is 2.71. The van der Waals surface area contributed by atoms with Crippen molar-refractivity contribution in [3.05, 3.63) is 35.4 Å². The lowest BCUT2D eigenvalue weighted by Crippen LogP contribution is -2.33. The van der Waals surface area contributed by atoms with E-state index in [0.717, 1.165) is 24.8 Å². The lowest BCUT2D eigenvalue weighted by Gasteiger charge is -2.25. The molecule has 0 aromatic heterocycles. The fourth-order valence-electron chi connectivity index (χ4n) is 2.65. The van der Waals surface area contributed by atoms with E-state index in [1.807, 2.05) is 0 Å². The third-order valence-electron chi connectivity index (χ3n) is 3.97. The van der Waals surface area contributed by atoms with E-state index in [0.29, 0.717) is 6.04 Å². The molecule has 1 nitrogen and oxygen atoms in total. The van der Waals surface area contributed by atoms with Gasteiger partial charge in [0.05, 0.1) is 0 Å². The summed E-state index contributed by atoms with van der Waals surface area (Å²) in [4.78, 5) is 2.53. The molecule has 0 radical (unpaired) electrons. The molecule has 1 aromatic rings. The minimum absolute atomic E-state index is 0.558. The molecule has 1 aliphatic rings. The Labute approximate surface area is 110 Å². The number of hydrogen-bond donors (Lipinski definition) is 0. The Hall–Kier alpha value is -0.530. The van der Waals surface area contributed by atoms with Gasteiger partial charge in [-0.2, -0.15) is 0 Å². The van der Waals surface area contributed by atoms with Crippen molar-refractivity contribution < 1.29 is 0 Å². The summed E-state index contributed by atoms with van der Waals surface area (Å²) < 4.78 is 0. The normalized spacial score (nSPS) is 25.4. The largest absolute Gasteiger partial charge is 0.295 e. The molecule has 2 atom stereocenters. The van der Waals surface area contributed by atoms with Crippen LogP contribution in [0.2, 0.25) is 0 Å². The number of aryl methyl sites for hydroxylation is 1. The summed E-state index contributed by atoms with van der Waals surface area (Å²) in [5.74, 6) is 1.50. The van der Waals surface area contributed by atoms with Crippen LogP contribution in [0, 0.1) is 5.92 Å². The van der Waals surface area contributed by atoms with Crippen LogP contribution in [0.3, 0.4) is 0 Å². The van der Waals surface area contributed by atoms with Gasteiger partial charge < -0.3 is 0 Å². The Bertz CT molecular complexity index is 346. The molecule has 94 valence electrons. The highest BCUT2D eigenvalue weighted by Gasteiger charge is 2.29. The molecule has 0 aliphatic carbocycles. The first-order valence-electron chi connectivity index (χ1n) is 6.62. The van der Waals surface area contributed by atoms with Gasteiger partial charge in [-0.05, 0) is 36.4 Å². The van der Waals surface area contributed by atoms with E-state index >= 15 is 0 Å². The monoisotopic (exact) mass is 251 g/mol. The van der Waals surface area contributed by atoms with Gasteiger partial charge in [-0.1, -0.05) is 38.1 Å². The predicted molar refractivity (Wildman–Crippen MR) is 74.5 cm³/mol. The SMILES string of the molecule is CCc1ccc(CN2CCC(C)C2CCl)cc1. The number of alkyl halides is 1. The van der Waals surface area contributed by atoms with Crippen LogP contribution in [0.5, 0.6) is 0 Å². The first kappa shape index (κ1) is 12.9. The van der Waals surface area contributed by atoms with Crippen molar-refractivity contribution in [2.45, 2.75) is 39.3 Å². The van der Waals surface area contributed by atoms with Crippen molar-refractivity contribution in [2.24, 2.45) is 5.92 Å². The summed E-state index contributed by atoms with van der Waals surface area (Å²) in [6.45, 7) is 6.74. The smallest absolute Gasteiger partial charge is 0.0382 e. The molecule has 0 bridgehead atoms. The highest BCUT2D eigenvalue weighted by Crippen LogP contribution is 2.26. The molecule has 1 fully saturated rings. The molecule has 1 saturated heterocycles. The highest BCUT2D eigenvalue weighted by molar-refractivity contribution is 6.18. The van der Waals surface area contributed by atoms with Crippen molar-refractivity contribution in [3.8, 4) is 0 Å². The molecule has 17 heavy (non-hydrogen) atoms. The van der Waals surface area contributed by atoms with Gasteiger partial charge >= 0.3 is 0 Å².